The van der Waals surface area contributed by atoms with E-state index in [0.717, 1.165) is 12.8 Å². The second kappa shape index (κ2) is 7.64. The van der Waals surface area contributed by atoms with Gasteiger partial charge in [0.2, 0.25) is 0 Å². The molecule has 1 heterocycles. The highest BCUT2D eigenvalue weighted by molar-refractivity contribution is 5.73. The van der Waals surface area contributed by atoms with E-state index in [1.807, 2.05) is 20.8 Å². The van der Waals surface area contributed by atoms with Crippen LogP contribution in [0.25, 0.3) is 0 Å². The molecular formula is C15H27NO5. The molecule has 122 valence electrons. The molecule has 0 aromatic rings. The Morgan fingerprint density at radius 3 is 2.57 bits per heavy atom. The average molecular weight is 301 g/mol. The average Bonchev–Trinajstić information content (AvgIpc) is 2.42. The van der Waals surface area contributed by atoms with Crippen molar-refractivity contribution in [2.75, 3.05) is 26.8 Å². The van der Waals surface area contributed by atoms with Crippen molar-refractivity contribution in [3.8, 4) is 0 Å². The van der Waals surface area contributed by atoms with Gasteiger partial charge >= 0.3 is 12.1 Å². The van der Waals surface area contributed by atoms with Crippen LogP contribution in [0.15, 0.2) is 0 Å². The van der Waals surface area contributed by atoms with Crippen molar-refractivity contribution in [2.45, 2.75) is 52.2 Å². The highest BCUT2D eigenvalue weighted by Crippen LogP contribution is 2.20. The van der Waals surface area contributed by atoms with Gasteiger partial charge in [-0.3, -0.25) is 0 Å². The molecule has 0 aromatic heterocycles. The zero-order valence-electron chi connectivity index (χ0n) is 13.7. The van der Waals surface area contributed by atoms with Gasteiger partial charge in [0.25, 0.3) is 0 Å². The smallest absolute Gasteiger partial charge is 0.410 e. The highest BCUT2D eigenvalue weighted by atomic mass is 16.6. The minimum Gasteiger partial charge on any atom is -0.467 e. The van der Waals surface area contributed by atoms with Crippen molar-refractivity contribution in [1.29, 1.82) is 0 Å². The molecule has 6 heteroatoms. The number of esters is 1. The summed E-state index contributed by atoms with van der Waals surface area (Å²) in [4.78, 5) is 25.0. The molecule has 0 saturated carbocycles. The summed E-state index contributed by atoms with van der Waals surface area (Å²) in [5.41, 5.74) is -0.486. The zero-order valence-corrected chi connectivity index (χ0v) is 13.7. The summed E-state index contributed by atoms with van der Waals surface area (Å²) in [5, 5.41) is 0. The maximum absolute atomic E-state index is 12.0. The van der Waals surface area contributed by atoms with Crippen LogP contribution >= 0.6 is 0 Å². The lowest BCUT2D eigenvalue weighted by atomic mass is 9.99. The number of carbonyl (C=O) groups excluding carboxylic acids is 2. The van der Waals surface area contributed by atoms with Gasteiger partial charge in [0, 0.05) is 19.0 Å². The molecule has 1 rings (SSSR count). The molecule has 2 atom stereocenters. The number of carbonyl (C=O) groups is 2. The third-order valence-electron chi connectivity index (χ3n) is 3.29. The van der Waals surface area contributed by atoms with E-state index in [2.05, 4.69) is 4.74 Å². The van der Waals surface area contributed by atoms with Crippen LogP contribution in [-0.2, 0) is 19.0 Å². The van der Waals surface area contributed by atoms with Gasteiger partial charge in [0.05, 0.1) is 13.7 Å². The Balaban J connectivity index is 2.42. The summed E-state index contributed by atoms with van der Waals surface area (Å²) in [6.07, 6.45) is 1.03. The minimum atomic E-state index is -0.577. The normalized spacial score (nSPS) is 20.8. The van der Waals surface area contributed by atoms with Crippen molar-refractivity contribution in [3.05, 3.63) is 0 Å². The maximum Gasteiger partial charge on any atom is 0.410 e. The zero-order chi connectivity index (χ0) is 16.0. The molecule has 1 saturated heterocycles. The fourth-order valence-corrected chi connectivity index (χ4v) is 2.21. The number of likely N-dealkylation sites (tertiary alicyclic amines) is 1. The highest BCUT2D eigenvalue weighted by Gasteiger charge is 2.28. The van der Waals surface area contributed by atoms with Crippen LogP contribution in [-0.4, -0.2) is 55.5 Å². The van der Waals surface area contributed by atoms with Gasteiger partial charge in [-0.1, -0.05) is 0 Å². The molecule has 0 radical (unpaired) electrons. The Hall–Kier alpha value is -1.30. The van der Waals surface area contributed by atoms with Gasteiger partial charge in [-0.05, 0) is 40.5 Å². The Morgan fingerprint density at radius 2 is 2.00 bits per heavy atom. The Labute approximate surface area is 126 Å². The molecule has 21 heavy (non-hydrogen) atoms. The Morgan fingerprint density at radius 1 is 1.33 bits per heavy atom. The van der Waals surface area contributed by atoms with Crippen molar-refractivity contribution >= 4 is 12.1 Å². The summed E-state index contributed by atoms with van der Waals surface area (Å²) in [6, 6.07) is 0. The number of ether oxygens (including phenoxy) is 3. The summed E-state index contributed by atoms with van der Waals surface area (Å²) in [6.45, 7) is 8.98. The summed E-state index contributed by atoms with van der Waals surface area (Å²) in [7, 11) is 1.34. The van der Waals surface area contributed by atoms with E-state index in [9.17, 15) is 9.59 Å². The molecule has 0 N–H and O–H groups in total. The maximum atomic E-state index is 12.0. The summed E-state index contributed by atoms with van der Waals surface area (Å²) < 4.78 is 15.5. The number of piperidine rings is 1. The minimum absolute atomic E-state index is 0.221. The van der Waals surface area contributed by atoms with Crippen molar-refractivity contribution in [2.24, 2.45) is 5.92 Å². The van der Waals surface area contributed by atoms with E-state index in [1.165, 1.54) is 7.11 Å². The van der Waals surface area contributed by atoms with E-state index in [1.54, 1.807) is 11.8 Å². The fraction of sp³-hybridized carbons (Fsp3) is 0.867. The summed E-state index contributed by atoms with van der Waals surface area (Å²) >= 11 is 0. The van der Waals surface area contributed by atoms with Gasteiger partial charge < -0.3 is 19.1 Å². The predicted molar refractivity (Wildman–Crippen MR) is 78.0 cm³/mol. The van der Waals surface area contributed by atoms with Crippen molar-refractivity contribution in [1.82, 2.24) is 4.90 Å². The SMILES string of the molecule is COC(=O)C(C)OCC1CCCN(C(=O)OC(C)(C)C)C1. The standard InChI is InChI=1S/C15H27NO5/c1-11(13(17)19-5)20-10-12-7-6-8-16(9-12)14(18)21-15(2,3)4/h11-12H,6-10H2,1-5H3. The summed E-state index contributed by atoms with van der Waals surface area (Å²) in [5.74, 6) is -0.159. The largest absolute Gasteiger partial charge is 0.467 e. The van der Waals surface area contributed by atoms with E-state index in [0.29, 0.717) is 19.7 Å². The molecule has 0 aromatic carbocycles. The van der Waals surface area contributed by atoms with Crippen LogP contribution in [0.5, 0.6) is 0 Å². The lowest BCUT2D eigenvalue weighted by Gasteiger charge is -2.34. The van der Waals surface area contributed by atoms with Crippen LogP contribution in [0.1, 0.15) is 40.5 Å². The van der Waals surface area contributed by atoms with Gasteiger partial charge in [0.1, 0.15) is 5.60 Å². The molecule has 1 amide bonds. The number of hydrogen-bond acceptors (Lipinski definition) is 5. The van der Waals surface area contributed by atoms with E-state index >= 15 is 0 Å². The van der Waals surface area contributed by atoms with E-state index < -0.39 is 11.7 Å². The third-order valence-corrected chi connectivity index (χ3v) is 3.29. The van der Waals surface area contributed by atoms with Crippen molar-refractivity contribution in [3.63, 3.8) is 0 Å². The number of methoxy groups -OCH3 is 1. The number of nitrogens with zero attached hydrogens (tertiary/aromatic N) is 1. The molecule has 6 nitrogen and oxygen atoms in total. The number of rotatable bonds is 4. The van der Waals surface area contributed by atoms with E-state index in [4.69, 9.17) is 9.47 Å². The number of amides is 1. The topological polar surface area (TPSA) is 65.1 Å². The van der Waals surface area contributed by atoms with Gasteiger partial charge in [0.15, 0.2) is 6.10 Å². The Kier molecular flexibility index (Phi) is 6.45. The van der Waals surface area contributed by atoms with E-state index in [-0.39, 0.29) is 18.0 Å². The van der Waals surface area contributed by atoms with Gasteiger partial charge in [-0.15, -0.1) is 0 Å². The second-order valence-corrected chi connectivity index (χ2v) is 6.43. The first-order valence-electron chi connectivity index (χ1n) is 7.40. The second-order valence-electron chi connectivity index (χ2n) is 6.43. The van der Waals surface area contributed by atoms with Gasteiger partial charge in [-0.25, -0.2) is 9.59 Å². The molecule has 1 aliphatic rings. The first kappa shape index (κ1) is 17.8. The first-order valence-corrected chi connectivity index (χ1v) is 7.40. The molecule has 0 aliphatic carbocycles. The first-order chi connectivity index (χ1) is 9.73. The lowest BCUT2D eigenvalue weighted by Crippen LogP contribution is -2.44. The lowest BCUT2D eigenvalue weighted by molar-refractivity contribution is -0.154. The molecule has 1 fully saturated rings. The molecule has 0 bridgehead atoms. The van der Waals surface area contributed by atoms with Gasteiger partial charge in [-0.2, -0.15) is 0 Å². The van der Waals surface area contributed by atoms with Crippen LogP contribution in [0.2, 0.25) is 0 Å². The number of hydrogen-bond donors (Lipinski definition) is 0. The predicted octanol–water partition coefficient (Wildman–Crippen LogP) is 2.21. The van der Waals surface area contributed by atoms with Crippen molar-refractivity contribution < 1.29 is 23.8 Å². The molecular weight excluding hydrogens is 274 g/mol. The van der Waals surface area contributed by atoms with Crippen LogP contribution in [0, 0.1) is 5.92 Å². The quantitative estimate of drug-likeness (QED) is 0.745. The van der Waals surface area contributed by atoms with Crippen LogP contribution < -0.4 is 0 Å². The van der Waals surface area contributed by atoms with Crippen LogP contribution in [0.3, 0.4) is 0 Å². The molecule has 2 unspecified atom stereocenters. The molecule has 0 spiro atoms. The monoisotopic (exact) mass is 301 g/mol. The Bertz CT molecular complexity index is 364. The molecule has 1 aliphatic heterocycles. The fourth-order valence-electron chi connectivity index (χ4n) is 2.21. The third kappa shape index (κ3) is 6.33. The van der Waals surface area contributed by atoms with Crippen LogP contribution in [0.4, 0.5) is 4.79 Å².